The van der Waals surface area contributed by atoms with Crippen molar-refractivity contribution >= 4 is 27.5 Å². The summed E-state index contributed by atoms with van der Waals surface area (Å²) in [5, 5.41) is 10.7. The van der Waals surface area contributed by atoms with E-state index in [1.54, 1.807) is 30.3 Å². The molecule has 0 bridgehead atoms. The third-order valence-corrected chi connectivity index (χ3v) is 3.56. The number of aliphatic hydroxyl groups is 1. The molecule has 0 saturated carbocycles. The number of hydrogen-bond donors (Lipinski definition) is 1. The van der Waals surface area contributed by atoms with Crippen molar-refractivity contribution in [3.05, 3.63) is 68.9 Å². The highest BCUT2D eigenvalue weighted by Crippen LogP contribution is 2.28. The summed E-state index contributed by atoms with van der Waals surface area (Å²) in [5.74, 6) is -0.296. The minimum absolute atomic E-state index is 0.296. The molecule has 0 amide bonds. The van der Waals surface area contributed by atoms with Gasteiger partial charge in [0, 0.05) is 15.9 Å². The van der Waals surface area contributed by atoms with Gasteiger partial charge in [0.25, 0.3) is 0 Å². The Morgan fingerprint density at radius 2 is 2.00 bits per heavy atom. The highest BCUT2D eigenvalue weighted by Gasteiger charge is 2.12. The van der Waals surface area contributed by atoms with Gasteiger partial charge in [-0.3, -0.25) is 0 Å². The van der Waals surface area contributed by atoms with Crippen molar-refractivity contribution in [1.29, 1.82) is 0 Å². The van der Waals surface area contributed by atoms with Gasteiger partial charge in [-0.2, -0.15) is 0 Å². The summed E-state index contributed by atoms with van der Waals surface area (Å²) in [6, 6.07) is 11.4. The Hall–Kier alpha value is -0.900. The van der Waals surface area contributed by atoms with E-state index in [2.05, 4.69) is 15.9 Å². The van der Waals surface area contributed by atoms with Crippen molar-refractivity contribution in [3.63, 3.8) is 0 Å². The van der Waals surface area contributed by atoms with Crippen LogP contribution in [-0.2, 0) is 6.42 Å². The lowest BCUT2D eigenvalue weighted by molar-refractivity contribution is 0.177. The summed E-state index contributed by atoms with van der Waals surface area (Å²) < 4.78 is 13.8. The van der Waals surface area contributed by atoms with Crippen LogP contribution in [0.1, 0.15) is 17.2 Å². The summed E-state index contributed by atoms with van der Waals surface area (Å²) in [4.78, 5) is 0. The van der Waals surface area contributed by atoms with Crippen molar-refractivity contribution in [2.45, 2.75) is 12.5 Å². The predicted octanol–water partition coefficient (Wildman–Crippen LogP) is 4.52. The SMILES string of the molecule is OC(Cc1cccc(F)c1)c1ccc(Cl)cc1Br. The van der Waals surface area contributed by atoms with E-state index in [-0.39, 0.29) is 5.82 Å². The molecule has 1 unspecified atom stereocenters. The van der Waals surface area contributed by atoms with Gasteiger partial charge in [-0.05, 0) is 35.4 Å². The summed E-state index contributed by atoms with van der Waals surface area (Å²) >= 11 is 9.20. The molecule has 4 heteroatoms. The van der Waals surface area contributed by atoms with Crippen molar-refractivity contribution in [2.75, 3.05) is 0 Å². The number of halogens is 3. The summed E-state index contributed by atoms with van der Waals surface area (Å²) in [7, 11) is 0. The molecule has 94 valence electrons. The second-order valence-electron chi connectivity index (χ2n) is 4.02. The normalized spacial score (nSPS) is 12.4. The Balaban J connectivity index is 2.19. The van der Waals surface area contributed by atoms with Crippen LogP contribution in [0.15, 0.2) is 46.9 Å². The van der Waals surface area contributed by atoms with Crippen molar-refractivity contribution in [1.82, 2.24) is 0 Å². The fourth-order valence-corrected chi connectivity index (χ4v) is 2.72. The van der Waals surface area contributed by atoms with Crippen LogP contribution in [0.2, 0.25) is 5.02 Å². The molecule has 0 radical (unpaired) electrons. The lowest BCUT2D eigenvalue weighted by atomic mass is 10.0. The number of benzene rings is 2. The van der Waals surface area contributed by atoms with Crippen LogP contribution in [0.3, 0.4) is 0 Å². The van der Waals surface area contributed by atoms with E-state index in [1.807, 2.05) is 0 Å². The Bertz CT molecular complexity index is 559. The van der Waals surface area contributed by atoms with Gasteiger partial charge in [0.2, 0.25) is 0 Å². The highest BCUT2D eigenvalue weighted by atomic mass is 79.9. The van der Waals surface area contributed by atoms with Crippen LogP contribution in [0.5, 0.6) is 0 Å². The summed E-state index contributed by atoms with van der Waals surface area (Å²) in [5.41, 5.74) is 1.49. The maximum atomic E-state index is 13.0. The molecule has 0 aliphatic carbocycles. The molecule has 18 heavy (non-hydrogen) atoms. The maximum absolute atomic E-state index is 13.0. The number of aliphatic hydroxyl groups excluding tert-OH is 1. The smallest absolute Gasteiger partial charge is 0.123 e. The summed E-state index contributed by atoms with van der Waals surface area (Å²) in [6.45, 7) is 0. The number of rotatable bonds is 3. The molecule has 1 nitrogen and oxygen atoms in total. The fourth-order valence-electron chi connectivity index (χ4n) is 1.77. The quantitative estimate of drug-likeness (QED) is 0.878. The minimum atomic E-state index is -0.696. The Kier molecular flexibility index (Phi) is 4.38. The van der Waals surface area contributed by atoms with E-state index in [4.69, 9.17) is 11.6 Å². The minimum Gasteiger partial charge on any atom is -0.388 e. The van der Waals surface area contributed by atoms with E-state index >= 15 is 0 Å². The molecule has 0 fully saturated rings. The Morgan fingerprint density at radius 3 is 2.67 bits per heavy atom. The van der Waals surface area contributed by atoms with Gasteiger partial charge in [-0.1, -0.05) is 45.7 Å². The zero-order valence-electron chi connectivity index (χ0n) is 9.41. The van der Waals surface area contributed by atoms with Gasteiger partial charge in [-0.15, -0.1) is 0 Å². The van der Waals surface area contributed by atoms with Crippen LogP contribution in [0.25, 0.3) is 0 Å². The van der Waals surface area contributed by atoms with E-state index in [9.17, 15) is 9.50 Å². The molecule has 1 N–H and O–H groups in total. The topological polar surface area (TPSA) is 20.2 Å². The molecular weight excluding hydrogens is 319 g/mol. The van der Waals surface area contributed by atoms with E-state index in [0.29, 0.717) is 11.4 Å². The van der Waals surface area contributed by atoms with E-state index < -0.39 is 6.10 Å². The lowest BCUT2D eigenvalue weighted by Crippen LogP contribution is -2.03. The largest absolute Gasteiger partial charge is 0.388 e. The number of hydrogen-bond acceptors (Lipinski definition) is 1. The van der Waals surface area contributed by atoms with Crippen molar-refractivity contribution < 1.29 is 9.50 Å². The first kappa shape index (κ1) is 13.5. The van der Waals surface area contributed by atoms with E-state index in [1.165, 1.54) is 12.1 Å². The van der Waals surface area contributed by atoms with Gasteiger partial charge in [0.1, 0.15) is 5.82 Å². The van der Waals surface area contributed by atoms with Gasteiger partial charge in [0.15, 0.2) is 0 Å². The van der Waals surface area contributed by atoms with Gasteiger partial charge >= 0.3 is 0 Å². The third kappa shape index (κ3) is 3.31. The second kappa shape index (κ2) is 5.83. The lowest BCUT2D eigenvalue weighted by Gasteiger charge is -2.13. The Morgan fingerprint density at radius 1 is 1.22 bits per heavy atom. The van der Waals surface area contributed by atoms with Crippen LogP contribution in [0, 0.1) is 5.82 Å². The second-order valence-corrected chi connectivity index (χ2v) is 5.31. The van der Waals surface area contributed by atoms with E-state index in [0.717, 1.165) is 15.6 Å². The standard InChI is InChI=1S/C14H11BrClFO/c15-13-8-10(16)4-5-12(13)14(18)7-9-2-1-3-11(17)6-9/h1-6,8,14,18H,7H2. The van der Waals surface area contributed by atoms with Crippen LogP contribution in [0.4, 0.5) is 4.39 Å². The summed E-state index contributed by atoms with van der Waals surface area (Å²) in [6.07, 6.45) is -0.337. The zero-order chi connectivity index (χ0) is 13.1. The molecule has 0 aromatic heterocycles. The first-order valence-corrected chi connectivity index (χ1v) is 6.61. The maximum Gasteiger partial charge on any atom is 0.123 e. The Labute approximate surface area is 118 Å². The molecule has 2 rings (SSSR count). The molecule has 2 aromatic carbocycles. The van der Waals surface area contributed by atoms with Gasteiger partial charge in [0.05, 0.1) is 6.10 Å². The molecule has 0 saturated heterocycles. The highest BCUT2D eigenvalue weighted by molar-refractivity contribution is 9.10. The monoisotopic (exact) mass is 328 g/mol. The molecular formula is C14H11BrClFO. The van der Waals surface area contributed by atoms with Crippen LogP contribution in [-0.4, -0.2) is 5.11 Å². The molecule has 2 aromatic rings. The first-order chi connectivity index (χ1) is 8.56. The van der Waals surface area contributed by atoms with Crippen LogP contribution >= 0.6 is 27.5 Å². The molecule has 0 spiro atoms. The average molecular weight is 330 g/mol. The fraction of sp³-hybridized carbons (Fsp3) is 0.143. The molecule has 0 aliphatic heterocycles. The third-order valence-electron chi connectivity index (χ3n) is 2.64. The van der Waals surface area contributed by atoms with Crippen molar-refractivity contribution in [3.8, 4) is 0 Å². The average Bonchev–Trinajstić information content (AvgIpc) is 2.28. The predicted molar refractivity (Wildman–Crippen MR) is 74.2 cm³/mol. The van der Waals surface area contributed by atoms with Crippen LogP contribution < -0.4 is 0 Å². The first-order valence-electron chi connectivity index (χ1n) is 5.44. The van der Waals surface area contributed by atoms with Gasteiger partial charge in [-0.25, -0.2) is 4.39 Å². The van der Waals surface area contributed by atoms with Gasteiger partial charge < -0.3 is 5.11 Å². The molecule has 1 atom stereocenters. The molecule has 0 aliphatic rings. The molecule has 0 heterocycles. The van der Waals surface area contributed by atoms with Crippen molar-refractivity contribution in [2.24, 2.45) is 0 Å². The zero-order valence-corrected chi connectivity index (χ0v) is 11.7.